The monoisotopic (exact) mass is 372 g/mol. The number of carbonyl (C=O) groups excluding carboxylic acids is 1. The molecular formula is C22H20N4O2. The first-order chi connectivity index (χ1) is 13.4. The van der Waals surface area contributed by atoms with Crippen LogP contribution < -0.4 is 10.5 Å². The van der Waals surface area contributed by atoms with Gasteiger partial charge in [-0.05, 0) is 49.7 Å². The Morgan fingerprint density at radius 3 is 2.57 bits per heavy atom. The van der Waals surface area contributed by atoms with E-state index in [9.17, 15) is 4.79 Å². The van der Waals surface area contributed by atoms with Crippen LogP contribution in [-0.2, 0) is 7.05 Å². The Kier molecular flexibility index (Phi) is 4.31. The van der Waals surface area contributed by atoms with Crippen LogP contribution in [0.15, 0.2) is 54.7 Å². The SMILES string of the molecule is Cc1cc(-c2cc(Oc3ccc4c(C)nn(C)c4c3)ccn2)ccc1C(N)=O. The normalized spacial score (nSPS) is 11.0. The quantitative estimate of drug-likeness (QED) is 0.583. The van der Waals surface area contributed by atoms with Gasteiger partial charge in [-0.1, -0.05) is 6.07 Å². The summed E-state index contributed by atoms with van der Waals surface area (Å²) in [6.07, 6.45) is 1.70. The molecule has 4 aromatic rings. The fourth-order valence-corrected chi connectivity index (χ4v) is 3.35. The molecule has 6 nitrogen and oxygen atoms in total. The largest absolute Gasteiger partial charge is 0.457 e. The van der Waals surface area contributed by atoms with Crippen LogP contribution in [0.1, 0.15) is 21.6 Å². The molecule has 2 aromatic heterocycles. The second kappa shape index (κ2) is 6.81. The molecule has 2 heterocycles. The standard InChI is InChI=1S/C22H20N4O2/c1-13-10-15(4-6-18(13)22(23)27)20-11-17(8-9-24-20)28-16-5-7-19-14(2)25-26(3)21(19)12-16/h4-12H,1-3H3,(H2,23,27). The number of hydrogen-bond donors (Lipinski definition) is 1. The number of fused-ring (bicyclic) bond motifs is 1. The highest BCUT2D eigenvalue weighted by atomic mass is 16.5. The van der Waals surface area contributed by atoms with E-state index in [2.05, 4.69) is 10.1 Å². The van der Waals surface area contributed by atoms with Crippen LogP contribution >= 0.6 is 0 Å². The number of aromatic nitrogens is 3. The molecule has 0 saturated carbocycles. The summed E-state index contributed by atoms with van der Waals surface area (Å²) in [5.74, 6) is 0.975. The summed E-state index contributed by atoms with van der Waals surface area (Å²) in [5.41, 5.74) is 10.4. The summed E-state index contributed by atoms with van der Waals surface area (Å²) in [4.78, 5) is 15.8. The van der Waals surface area contributed by atoms with E-state index in [1.807, 2.05) is 68.0 Å². The van der Waals surface area contributed by atoms with Gasteiger partial charge in [-0.3, -0.25) is 14.5 Å². The van der Waals surface area contributed by atoms with Crippen LogP contribution in [0, 0.1) is 13.8 Å². The summed E-state index contributed by atoms with van der Waals surface area (Å²) < 4.78 is 7.90. The lowest BCUT2D eigenvalue weighted by atomic mass is 10.0. The van der Waals surface area contributed by atoms with Gasteiger partial charge in [-0.25, -0.2) is 0 Å². The van der Waals surface area contributed by atoms with Crippen molar-refractivity contribution < 1.29 is 9.53 Å². The van der Waals surface area contributed by atoms with Crippen LogP contribution in [0.5, 0.6) is 11.5 Å². The molecule has 0 aliphatic carbocycles. The lowest BCUT2D eigenvalue weighted by Gasteiger charge is -2.09. The van der Waals surface area contributed by atoms with Crippen molar-refractivity contribution in [3.8, 4) is 22.8 Å². The van der Waals surface area contributed by atoms with Crippen molar-refractivity contribution in [2.75, 3.05) is 0 Å². The molecule has 2 N–H and O–H groups in total. The summed E-state index contributed by atoms with van der Waals surface area (Å²) in [6.45, 7) is 3.85. The summed E-state index contributed by atoms with van der Waals surface area (Å²) >= 11 is 0. The average molecular weight is 372 g/mol. The molecule has 0 saturated heterocycles. The fraction of sp³-hybridized carbons (Fsp3) is 0.136. The highest BCUT2D eigenvalue weighted by Crippen LogP contribution is 2.29. The zero-order valence-corrected chi connectivity index (χ0v) is 15.9. The lowest BCUT2D eigenvalue weighted by molar-refractivity contribution is 0.0999. The lowest BCUT2D eigenvalue weighted by Crippen LogP contribution is -2.12. The maximum absolute atomic E-state index is 11.4. The van der Waals surface area contributed by atoms with Gasteiger partial charge in [-0.2, -0.15) is 5.10 Å². The maximum Gasteiger partial charge on any atom is 0.248 e. The number of primary amides is 1. The number of rotatable bonds is 4. The topological polar surface area (TPSA) is 83.0 Å². The molecule has 0 bridgehead atoms. The summed E-state index contributed by atoms with van der Waals surface area (Å²) in [7, 11) is 1.92. The third-order valence-electron chi connectivity index (χ3n) is 4.76. The van der Waals surface area contributed by atoms with E-state index in [1.165, 1.54) is 0 Å². The van der Waals surface area contributed by atoms with Gasteiger partial charge >= 0.3 is 0 Å². The number of benzene rings is 2. The van der Waals surface area contributed by atoms with Gasteiger partial charge in [0.15, 0.2) is 0 Å². The van der Waals surface area contributed by atoms with E-state index in [0.717, 1.165) is 39.2 Å². The molecular weight excluding hydrogens is 352 g/mol. The Balaban J connectivity index is 1.65. The molecule has 6 heteroatoms. The zero-order valence-electron chi connectivity index (χ0n) is 15.9. The Morgan fingerprint density at radius 1 is 1.04 bits per heavy atom. The minimum atomic E-state index is -0.435. The molecule has 2 aromatic carbocycles. The fourth-order valence-electron chi connectivity index (χ4n) is 3.35. The van der Waals surface area contributed by atoms with Crippen molar-refractivity contribution in [1.29, 1.82) is 0 Å². The number of amides is 1. The molecule has 4 rings (SSSR count). The first-order valence-corrected chi connectivity index (χ1v) is 8.90. The highest BCUT2D eigenvalue weighted by molar-refractivity contribution is 5.94. The number of hydrogen-bond acceptors (Lipinski definition) is 4. The number of ether oxygens (including phenoxy) is 1. The Labute approximate surface area is 162 Å². The molecule has 0 unspecified atom stereocenters. The number of nitrogens with two attached hydrogens (primary N) is 1. The maximum atomic E-state index is 11.4. The van der Waals surface area contributed by atoms with Crippen LogP contribution in [0.2, 0.25) is 0 Å². The van der Waals surface area contributed by atoms with Crippen molar-refractivity contribution in [2.24, 2.45) is 12.8 Å². The zero-order chi connectivity index (χ0) is 19.8. The predicted molar refractivity (Wildman–Crippen MR) is 108 cm³/mol. The van der Waals surface area contributed by atoms with Crippen molar-refractivity contribution in [3.05, 3.63) is 71.5 Å². The van der Waals surface area contributed by atoms with E-state index in [1.54, 1.807) is 12.3 Å². The summed E-state index contributed by atoms with van der Waals surface area (Å²) in [6, 6.07) is 15.1. The number of carbonyl (C=O) groups is 1. The predicted octanol–water partition coefficient (Wildman–Crippen LogP) is 4.14. The van der Waals surface area contributed by atoms with Crippen LogP contribution in [-0.4, -0.2) is 20.7 Å². The number of pyridine rings is 1. The third-order valence-corrected chi connectivity index (χ3v) is 4.76. The first kappa shape index (κ1) is 17.7. The van der Waals surface area contributed by atoms with Crippen molar-refractivity contribution in [1.82, 2.24) is 14.8 Å². The Bertz CT molecular complexity index is 1210. The van der Waals surface area contributed by atoms with Gasteiger partial charge in [0.1, 0.15) is 11.5 Å². The Hall–Kier alpha value is -3.67. The van der Waals surface area contributed by atoms with Crippen LogP contribution in [0.25, 0.3) is 22.2 Å². The molecule has 140 valence electrons. The van der Waals surface area contributed by atoms with Gasteiger partial charge in [0.05, 0.1) is 16.9 Å². The van der Waals surface area contributed by atoms with Crippen LogP contribution in [0.4, 0.5) is 0 Å². The minimum Gasteiger partial charge on any atom is -0.457 e. The van der Waals surface area contributed by atoms with E-state index < -0.39 is 5.91 Å². The molecule has 0 radical (unpaired) electrons. The molecule has 0 fully saturated rings. The smallest absolute Gasteiger partial charge is 0.248 e. The van der Waals surface area contributed by atoms with Gasteiger partial charge in [0, 0.05) is 41.9 Å². The first-order valence-electron chi connectivity index (χ1n) is 8.90. The van der Waals surface area contributed by atoms with Gasteiger partial charge in [-0.15, -0.1) is 0 Å². The second-order valence-electron chi connectivity index (χ2n) is 6.76. The average Bonchev–Trinajstić information content (AvgIpc) is 2.95. The van der Waals surface area contributed by atoms with E-state index >= 15 is 0 Å². The van der Waals surface area contributed by atoms with Crippen LogP contribution in [0.3, 0.4) is 0 Å². The Morgan fingerprint density at radius 2 is 1.82 bits per heavy atom. The van der Waals surface area contributed by atoms with Crippen molar-refractivity contribution >= 4 is 16.8 Å². The third kappa shape index (κ3) is 3.20. The summed E-state index contributed by atoms with van der Waals surface area (Å²) in [5, 5.41) is 5.54. The molecule has 1 amide bonds. The van der Waals surface area contributed by atoms with Crippen molar-refractivity contribution in [2.45, 2.75) is 13.8 Å². The molecule has 0 aliphatic rings. The van der Waals surface area contributed by atoms with E-state index in [-0.39, 0.29) is 0 Å². The highest BCUT2D eigenvalue weighted by Gasteiger charge is 2.10. The molecule has 0 atom stereocenters. The van der Waals surface area contributed by atoms with Gasteiger partial charge < -0.3 is 10.5 Å². The van der Waals surface area contributed by atoms with Crippen molar-refractivity contribution in [3.63, 3.8) is 0 Å². The molecule has 28 heavy (non-hydrogen) atoms. The van der Waals surface area contributed by atoms with E-state index in [4.69, 9.17) is 10.5 Å². The number of nitrogens with zero attached hydrogens (tertiary/aromatic N) is 3. The second-order valence-corrected chi connectivity index (χ2v) is 6.76. The number of aryl methyl sites for hydroxylation is 3. The molecule has 0 spiro atoms. The molecule has 0 aliphatic heterocycles. The van der Waals surface area contributed by atoms with Gasteiger partial charge in [0.2, 0.25) is 5.91 Å². The van der Waals surface area contributed by atoms with E-state index in [0.29, 0.717) is 11.3 Å². The minimum absolute atomic E-state index is 0.435. The van der Waals surface area contributed by atoms with Gasteiger partial charge in [0.25, 0.3) is 0 Å².